The largest absolute Gasteiger partial charge is 0.493 e. The van der Waals surface area contributed by atoms with Crippen LogP contribution in [-0.4, -0.2) is 43.5 Å². The number of carbonyl (C=O) groups excluding carboxylic acids is 1. The second-order valence-electron chi connectivity index (χ2n) is 8.02. The van der Waals surface area contributed by atoms with E-state index in [9.17, 15) is 4.79 Å². The highest BCUT2D eigenvalue weighted by Crippen LogP contribution is 2.40. The van der Waals surface area contributed by atoms with Crippen molar-refractivity contribution in [1.82, 2.24) is 10.2 Å². The summed E-state index contributed by atoms with van der Waals surface area (Å²) in [5.41, 5.74) is 2.71. The van der Waals surface area contributed by atoms with Gasteiger partial charge in [-0.05, 0) is 31.0 Å². The molecular weight excluding hydrogens is 358 g/mol. The average Bonchev–Trinajstić information content (AvgIpc) is 3.10. The Balaban J connectivity index is 2.05. The molecule has 152 valence electrons. The molecule has 7 heteroatoms. The molecule has 1 aromatic carbocycles. The minimum atomic E-state index is -0.515. The molecule has 7 nitrogen and oxygen atoms in total. The van der Waals surface area contributed by atoms with Gasteiger partial charge in [-0.15, -0.1) is 0 Å². The Labute approximate surface area is 165 Å². The molecule has 2 N–H and O–H groups in total. The molecule has 0 aliphatic carbocycles. The lowest BCUT2D eigenvalue weighted by atomic mass is 9.92. The lowest BCUT2D eigenvalue weighted by Gasteiger charge is -2.24. The number of anilines is 1. The molecule has 1 amide bonds. The zero-order valence-electron chi connectivity index (χ0n) is 17.2. The van der Waals surface area contributed by atoms with Gasteiger partial charge in [0, 0.05) is 30.1 Å². The Morgan fingerprint density at radius 2 is 1.86 bits per heavy atom. The summed E-state index contributed by atoms with van der Waals surface area (Å²) in [5, 5.41) is 10.8. The van der Waals surface area contributed by atoms with Crippen LogP contribution in [0.5, 0.6) is 11.5 Å². The Morgan fingerprint density at radius 1 is 1.18 bits per heavy atom. The number of amides is 1. The highest BCUT2D eigenvalue weighted by atomic mass is 16.5. The molecule has 1 aromatic heterocycles. The van der Waals surface area contributed by atoms with Crippen LogP contribution in [0.2, 0.25) is 0 Å². The number of nitrogens with zero attached hydrogens (tertiary/aromatic N) is 1. The number of methoxy groups -OCH3 is 2. The van der Waals surface area contributed by atoms with Crippen molar-refractivity contribution < 1.29 is 19.0 Å². The van der Waals surface area contributed by atoms with Gasteiger partial charge in [0.25, 0.3) is 0 Å². The van der Waals surface area contributed by atoms with Crippen molar-refractivity contribution in [2.45, 2.75) is 39.5 Å². The van der Waals surface area contributed by atoms with Crippen molar-refractivity contribution in [2.75, 3.05) is 32.8 Å². The Hall–Kier alpha value is -2.54. The maximum absolute atomic E-state index is 12.8. The molecule has 0 spiro atoms. The summed E-state index contributed by atoms with van der Waals surface area (Å²) in [6.07, 6.45) is 1.79. The third-order valence-electron chi connectivity index (χ3n) is 5.00. The summed E-state index contributed by atoms with van der Waals surface area (Å²) >= 11 is 0. The fourth-order valence-electron chi connectivity index (χ4n) is 3.26. The van der Waals surface area contributed by atoms with Gasteiger partial charge >= 0.3 is 0 Å². The molecule has 28 heavy (non-hydrogen) atoms. The SMILES string of the molecule is COc1ccc(-c2n[nH]c(C3CCOCC3)c2NC(=O)C(C)(C)C)cc1OC. The number of hydrogen-bond donors (Lipinski definition) is 2. The first-order valence-electron chi connectivity index (χ1n) is 9.55. The van der Waals surface area contributed by atoms with Gasteiger partial charge in [-0.2, -0.15) is 5.10 Å². The molecule has 0 radical (unpaired) electrons. The van der Waals surface area contributed by atoms with Crippen molar-refractivity contribution in [3.63, 3.8) is 0 Å². The second kappa shape index (κ2) is 8.22. The molecule has 3 rings (SSSR count). The third-order valence-corrected chi connectivity index (χ3v) is 5.00. The first kappa shape index (κ1) is 20.2. The summed E-state index contributed by atoms with van der Waals surface area (Å²) in [4.78, 5) is 12.8. The quantitative estimate of drug-likeness (QED) is 0.811. The number of aromatic amines is 1. The predicted octanol–water partition coefficient (Wildman–Crippen LogP) is 3.97. The van der Waals surface area contributed by atoms with Crippen LogP contribution in [0.1, 0.15) is 45.2 Å². The van der Waals surface area contributed by atoms with Gasteiger partial charge in [-0.1, -0.05) is 20.8 Å². The molecular formula is C21H29N3O4. The standard InChI is InChI=1S/C21H29N3O4/c1-21(2,3)20(25)22-19-17(13-8-10-28-11-9-13)23-24-18(19)14-6-7-15(26-4)16(12-14)27-5/h6-7,12-13H,8-11H2,1-5H3,(H,22,25)(H,23,24). The van der Waals surface area contributed by atoms with E-state index in [-0.39, 0.29) is 11.8 Å². The normalized spacial score (nSPS) is 15.3. The van der Waals surface area contributed by atoms with Crippen molar-refractivity contribution in [3.05, 3.63) is 23.9 Å². The number of ether oxygens (including phenoxy) is 3. The van der Waals surface area contributed by atoms with Crippen LogP contribution in [0, 0.1) is 5.41 Å². The molecule has 1 saturated heterocycles. The highest BCUT2D eigenvalue weighted by molar-refractivity contribution is 5.98. The average molecular weight is 387 g/mol. The highest BCUT2D eigenvalue weighted by Gasteiger charge is 2.29. The van der Waals surface area contributed by atoms with Gasteiger partial charge in [0.05, 0.1) is 25.6 Å². The maximum Gasteiger partial charge on any atom is 0.229 e. The topological polar surface area (TPSA) is 85.5 Å². The minimum absolute atomic E-state index is 0.0519. The monoisotopic (exact) mass is 387 g/mol. The van der Waals surface area contributed by atoms with Gasteiger partial charge < -0.3 is 19.5 Å². The molecule has 0 saturated carbocycles. The van der Waals surface area contributed by atoms with Gasteiger partial charge in [-0.25, -0.2) is 0 Å². The summed E-state index contributed by atoms with van der Waals surface area (Å²) in [6, 6.07) is 5.62. The molecule has 2 aromatic rings. The smallest absolute Gasteiger partial charge is 0.229 e. The second-order valence-corrected chi connectivity index (χ2v) is 8.02. The van der Waals surface area contributed by atoms with E-state index in [2.05, 4.69) is 15.5 Å². The van der Waals surface area contributed by atoms with Crippen LogP contribution < -0.4 is 14.8 Å². The molecule has 0 bridgehead atoms. The van der Waals surface area contributed by atoms with E-state index in [0.29, 0.717) is 30.4 Å². The summed E-state index contributed by atoms with van der Waals surface area (Å²) in [6.45, 7) is 7.11. The van der Waals surface area contributed by atoms with Gasteiger partial charge in [0.2, 0.25) is 5.91 Å². The lowest BCUT2D eigenvalue weighted by Crippen LogP contribution is -2.28. The fraction of sp³-hybridized carbons (Fsp3) is 0.524. The van der Waals surface area contributed by atoms with Crippen LogP contribution in [-0.2, 0) is 9.53 Å². The number of hydrogen-bond acceptors (Lipinski definition) is 5. The van der Waals surface area contributed by atoms with Crippen LogP contribution in [0.25, 0.3) is 11.3 Å². The number of aromatic nitrogens is 2. The van der Waals surface area contributed by atoms with E-state index in [0.717, 1.165) is 29.8 Å². The number of H-pyrrole nitrogens is 1. The lowest BCUT2D eigenvalue weighted by molar-refractivity contribution is -0.123. The summed E-state index contributed by atoms with van der Waals surface area (Å²) in [5.74, 6) is 1.48. The Morgan fingerprint density at radius 3 is 2.46 bits per heavy atom. The molecule has 1 aliphatic rings. The number of benzene rings is 1. The van der Waals surface area contributed by atoms with Crippen molar-refractivity contribution in [3.8, 4) is 22.8 Å². The van der Waals surface area contributed by atoms with E-state index < -0.39 is 5.41 Å². The minimum Gasteiger partial charge on any atom is -0.493 e. The molecule has 1 fully saturated rings. The Kier molecular flexibility index (Phi) is 5.93. The van der Waals surface area contributed by atoms with Crippen molar-refractivity contribution in [1.29, 1.82) is 0 Å². The van der Waals surface area contributed by atoms with Gasteiger partial charge in [-0.3, -0.25) is 9.89 Å². The zero-order chi connectivity index (χ0) is 20.3. The summed E-state index contributed by atoms with van der Waals surface area (Å²) in [7, 11) is 3.20. The summed E-state index contributed by atoms with van der Waals surface area (Å²) < 4.78 is 16.3. The van der Waals surface area contributed by atoms with Crippen LogP contribution in [0.15, 0.2) is 18.2 Å². The molecule has 0 atom stereocenters. The maximum atomic E-state index is 12.8. The zero-order valence-corrected chi connectivity index (χ0v) is 17.2. The predicted molar refractivity (Wildman–Crippen MR) is 108 cm³/mol. The molecule has 1 aliphatic heterocycles. The molecule has 2 heterocycles. The van der Waals surface area contributed by atoms with Crippen molar-refractivity contribution in [2.24, 2.45) is 5.41 Å². The Bertz CT molecular complexity index is 833. The van der Waals surface area contributed by atoms with E-state index in [1.165, 1.54) is 0 Å². The van der Waals surface area contributed by atoms with Crippen LogP contribution in [0.3, 0.4) is 0 Å². The first-order chi connectivity index (χ1) is 13.3. The van der Waals surface area contributed by atoms with Gasteiger partial charge in [0.1, 0.15) is 5.69 Å². The van der Waals surface area contributed by atoms with Crippen molar-refractivity contribution >= 4 is 11.6 Å². The van der Waals surface area contributed by atoms with E-state index in [1.54, 1.807) is 14.2 Å². The fourth-order valence-corrected chi connectivity index (χ4v) is 3.26. The van der Waals surface area contributed by atoms with Crippen LogP contribution in [0.4, 0.5) is 5.69 Å². The number of carbonyl (C=O) groups is 1. The van der Waals surface area contributed by atoms with Gasteiger partial charge in [0.15, 0.2) is 11.5 Å². The number of rotatable bonds is 5. The van der Waals surface area contributed by atoms with Crippen LogP contribution >= 0.6 is 0 Å². The van der Waals surface area contributed by atoms with E-state index >= 15 is 0 Å². The number of nitrogens with one attached hydrogen (secondary N) is 2. The third kappa shape index (κ3) is 4.14. The van der Waals surface area contributed by atoms with E-state index in [1.807, 2.05) is 39.0 Å². The molecule has 0 unspecified atom stereocenters. The van der Waals surface area contributed by atoms with E-state index in [4.69, 9.17) is 14.2 Å². The first-order valence-corrected chi connectivity index (χ1v) is 9.55.